The fourth-order valence-corrected chi connectivity index (χ4v) is 5.49. The minimum absolute atomic E-state index is 0.00649. The Kier molecular flexibility index (Phi) is 10.0. The third kappa shape index (κ3) is 6.98. The van der Waals surface area contributed by atoms with E-state index in [2.05, 4.69) is 5.32 Å². The maximum atomic E-state index is 13.8. The fourth-order valence-electron chi connectivity index (χ4n) is 3.75. The van der Waals surface area contributed by atoms with Crippen LogP contribution in [0.1, 0.15) is 19.4 Å². The minimum Gasteiger partial charge on any atom is -0.494 e. The van der Waals surface area contributed by atoms with E-state index < -0.39 is 34.4 Å². The van der Waals surface area contributed by atoms with Gasteiger partial charge in [0.05, 0.1) is 27.2 Å². The molecule has 38 heavy (non-hydrogen) atoms. The van der Waals surface area contributed by atoms with Crippen molar-refractivity contribution in [3.05, 3.63) is 88.4 Å². The topological polar surface area (TPSA) is 96.0 Å². The maximum absolute atomic E-state index is 13.8. The van der Waals surface area contributed by atoms with Crippen LogP contribution < -0.4 is 14.4 Å². The van der Waals surface area contributed by atoms with E-state index in [1.54, 1.807) is 67.6 Å². The molecule has 0 aliphatic rings. The Bertz CT molecular complexity index is 1370. The monoisotopic (exact) mass is 577 g/mol. The molecule has 3 rings (SSSR count). The summed E-state index contributed by atoms with van der Waals surface area (Å²) >= 11 is 12.2. The number of nitrogens with one attached hydrogen (secondary N) is 1. The van der Waals surface area contributed by atoms with E-state index in [1.807, 2.05) is 6.92 Å². The van der Waals surface area contributed by atoms with Crippen LogP contribution in [0.2, 0.25) is 10.0 Å². The van der Waals surface area contributed by atoms with Gasteiger partial charge in [-0.25, -0.2) is 8.42 Å². The summed E-state index contributed by atoms with van der Waals surface area (Å²) in [7, 11) is -2.69. The number of nitrogens with zero attached hydrogens (tertiary/aromatic N) is 2. The number of rotatable bonds is 11. The van der Waals surface area contributed by atoms with E-state index in [0.29, 0.717) is 33.7 Å². The van der Waals surface area contributed by atoms with Crippen LogP contribution in [0, 0.1) is 0 Å². The number of carbonyl (C=O) groups is 2. The predicted molar refractivity (Wildman–Crippen MR) is 149 cm³/mol. The Morgan fingerprint density at radius 2 is 1.63 bits per heavy atom. The molecule has 0 unspecified atom stereocenters. The predicted octanol–water partition coefficient (Wildman–Crippen LogP) is 4.75. The zero-order chi connectivity index (χ0) is 27.9. The van der Waals surface area contributed by atoms with Crippen molar-refractivity contribution in [2.45, 2.75) is 31.3 Å². The molecule has 0 fully saturated rings. The van der Waals surface area contributed by atoms with Crippen molar-refractivity contribution in [1.82, 2.24) is 10.2 Å². The van der Waals surface area contributed by atoms with Crippen molar-refractivity contribution in [2.75, 3.05) is 24.5 Å². The largest absolute Gasteiger partial charge is 0.494 e. The third-order valence-electron chi connectivity index (χ3n) is 5.80. The lowest BCUT2D eigenvalue weighted by Gasteiger charge is -2.31. The number of amides is 2. The molecule has 0 heterocycles. The first-order chi connectivity index (χ1) is 18.1. The SMILES string of the molecule is CCOc1ccc(S(=O)(=O)N(CC(=O)N(Cc2ccc(Cl)c(Cl)c2)[C@@H](C)C(=O)NC)c2ccccc2)cc1. The van der Waals surface area contributed by atoms with E-state index in [4.69, 9.17) is 27.9 Å². The molecule has 1 atom stereocenters. The Morgan fingerprint density at radius 3 is 2.21 bits per heavy atom. The molecule has 202 valence electrons. The number of sulfonamides is 1. The highest BCUT2D eigenvalue weighted by atomic mass is 35.5. The summed E-state index contributed by atoms with van der Waals surface area (Å²) in [6.45, 7) is 3.31. The highest BCUT2D eigenvalue weighted by molar-refractivity contribution is 7.92. The number of para-hydroxylation sites is 1. The standard InChI is InChI=1S/C27H29Cl2N3O5S/c1-4-37-22-11-13-23(14-12-22)38(35,36)32(21-8-6-5-7-9-21)18-26(33)31(19(2)27(34)30-3)17-20-10-15-24(28)25(29)16-20/h5-16,19H,4,17-18H2,1-3H3,(H,30,34)/t19-/m0/s1. The van der Waals surface area contributed by atoms with Gasteiger partial charge in [-0.2, -0.15) is 0 Å². The first-order valence-corrected chi connectivity index (χ1v) is 14.0. The maximum Gasteiger partial charge on any atom is 0.264 e. The smallest absolute Gasteiger partial charge is 0.264 e. The minimum atomic E-state index is -4.16. The van der Waals surface area contributed by atoms with Crippen molar-refractivity contribution in [2.24, 2.45) is 0 Å². The summed E-state index contributed by atoms with van der Waals surface area (Å²) in [6.07, 6.45) is 0. The second-order valence-corrected chi connectivity index (χ2v) is 11.0. The molecule has 2 amide bonds. The summed E-state index contributed by atoms with van der Waals surface area (Å²) in [5.74, 6) is -0.453. The fraction of sp³-hybridized carbons (Fsp3) is 0.259. The molecule has 0 aliphatic carbocycles. The third-order valence-corrected chi connectivity index (χ3v) is 8.32. The molecule has 3 aromatic carbocycles. The van der Waals surface area contributed by atoms with Gasteiger partial charge < -0.3 is 15.0 Å². The summed E-state index contributed by atoms with van der Waals surface area (Å²) in [5, 5.41) is 3.19. The summed E-state index contributed by atoms with van der Waals surface area (Å²) in [6, 6.07) is 18.3. The number of likely N-dealkylation sites (N-methyl/N-ethyl adjacent to an activating group) is 1. The lowest BCUT2D eigenvalue weighted by Crippen LogP contribution is -2.50. The lowest BCUT2D eigenvalue weighted by atomic mass is 10.1. The number of ether oxygens (including phenoxy) is 1. The zero-order valence-corrected chi connectivity index (χ0v) is 23.6. The van der Waals surface area contributed by atoms with E-state index in [0.717, 1.165) is 4.31 Å². The van der Waals surface area contributed by atoms with Gasteiger partial charge in [0.15, 0.2) is 0 Å². The molecule has 0 radical (unpaired) electrons. The molecule has 0 bridgehead atoms. The molecular formula is C27H29Cl2N3O5S. The van der Waals surface area contributed by atoms with Gasteiger partial charge in [0, 0.05) is 13.6 Å². The van der Waals surface area contributed by atoms with Crippen LogP contribution in [0.5, 0.6) is 5.75 Å². The number of hydrogen-bond donors (Lipinski definition) is 1. The van der Waals surface area contributed by atoms with Crippen molar-refractivity contribution in [3.8, 4) is 5.75 Å². The number of benzene rings is 3. The van der Waals surface area contributed by atoms with Gasteiger partial charge in [0.2, 0.25) is 11.8 Å². The second-order valence-electron chi connectivity index (χ2n) is 8.31. The Labute approximate surface area is 233 Å². The van der Waals surface area contributed by atoms with E-state index in [9.17, 15) is 18.0 Å². The number of anilines is 1. The Hall–Kier alpha value is -3.27. The second kappa shape index (κ2) is 13.0. The first kappa shape index (κ1) is 29.3. The Morgan fingerprint density at radius 1 is 0.974 bits per heavy atom. The van der Waals surface area contributed by atoms with E-state index in [-0.39, 0.29) is 11.4 Å². The molecule has 0 aromatic heterocycles. The van der Waals surface area contributed by atoms with Gasteiger partial charge in [0.1, 0.15) is 18.3 Å². The first-order valence-electron chi connectivity index (χ1n) is 11.8. The normalized spacial score (nSPS) is 11.9. The molecule has 0 aliphatic heterocycles. The van der Waals surface area contributed by atoms with Crippen LogP contribution in [0.15, 0.2) is 77.7 Å². The van der Waals surface area contributed by atoms with Crippen LogP contribution in [-0.4, -0.2) is 51.4 Å². The van der Waals surface area contributed by atoms with E-state index in [1.165, 1.54) is 24.1 Å². The molecule has 8 nitrogen and oxygen atoms in total. The summed E-state index contributed by atoms with van der Waals surface area (Å²) in [5.41, 5.74) is 0.931. The molecule has 3 aromatic rings. The van der Waals surface area contributed by atoms with Gasteiger partial charge >= 0.3 is 0 Å². The van der Waals surface area contributed by atoms with Crippen molar-refractivity contribution < 1.29 is 22.7 Å². The number of hydrogen-bond acceptors (Lipinski definition) is 5. The average molecular weight is 579 g/mol. The highest BCUT2D eigenvalue weighted by Gasteiger charge is 2.32. The average Bonchev–Trinajstić information content (AvgIpc) is 2.92. The van der Waals surface area contributed by atoms with Crippen molar-refractivity contribution in [3.63, 3.8) is 0 Å². The number of carbonyl (C=O) groups excluding carboxylic acids is 2. The molecule has 11 heteroatoms. The van der Waals surface area contributed by atoms with Gasteiger partial charge in [-0.15, -0.1) is 0 Å². The lowest BCUT2D eigenvalue weighted by molar-refractivity contribution is -0.139. The van der Waals surface area contributed by atoms with Gasteiger partial charge in [-0.05, 0) is 67.9 Å². The summed E-state index contributed by atoms with van der Waals surface area (Å²) in [4.78, 5) is 27.6. The molecule has 1 N–H and O–H groups in total. The van der Waals surface area contributed by atoms with Crippen LogP contribution in [0.25, 0.3) is 0 Å². The van der Waals surface area contributed by atoms with Gasteiger partial charge in [-0.1, -0.05) is 47.5 Å². The van der Waals surface area contributed by atoms with Crippen molar-refractivity contribution >= 4 is 50.7 Å². The molecule has 0 saturated carbocycles. The van der Waals surface area contributed by atoms with Gasteiger partial charge in [0.25, 0.3) is 10.0 Å². The molecule has 0 saturated heterocycles. The van der Waals surface area contributed by atoms with Crippen LogP contribution in [0.3, 0.4) is 0 Å². The van der Waals surface area contributed by atoms with Crippen LogP contribution >= 0.6 is 23.2 Å². The Balaban J connectivity index is 2.00. The van der Waals surface area contributed by atoms with Gasteiger partial charge in [-0.3, -0.25) is 13.9 Å². The number of halogens is 2. The molecule has 0 spiro atoms. The quantitative estimate of drug-likeness (QED) is 0.354. The molecular weight excluding hydrogens is 549 g/mol. The zero-order valence-electron chi connectivity index (χ0n) is 21.2. The highest BCUT2D eigenvalue weighted by Crippen LogP contribution is 2.27. The van der Waals surface area contributed by atoms with E-state index >= 15 is 0 Å². The van der Waals surface area contributed by atoms with Crippen molar-refractivity contribution in [1.29, 1.82) is 0 Å². The van der Waals surface area contributed by atoms with Crippen LogP contribution in [-0.2, 0) is 26.2 Å². The summed E-state index contributed by atoms with van der Waals surface area (Å²) < 4.78 is 34.0. The van der Waals surface area contributed by atoms with Crippen LogP contribution in [0.4, 0.5) is 5.69 Å².